The highest BCUT2D eigenvalue weighted by atomic mass is 16.4. The summed E-state index contributed by atoms with van der Waals surface area (Å²) in [5.41, 5.74) is 0.662. The van der Waals surface area contributed by atoms with Gasteiger partial charge in [0, 0.05) is 11.1 Å². The van der Waals surface area contributed by atoms with E-state index in [9.17, 15) is 9.59 Å². The molecule has 0 bridgehead atoms. The van der Waals surface area contributed by atoms with Crippen molar-refractivity contribution in [1.82, 2.24) is 0 Å². The molecule has 0 fully saturated rings. The molecule has 1 N–H and O–H groups in total. The first-order valence-electron chi connectivity index (χ1n) is 6.52. The summed E-state index contributed by atoms with van der Waals surface area (Å²) in [6.07, 6.45) is 0. The van der Waals surface area contributed by atoms with E-state index in [1.54, 1.807) is 48.5 Å². The van der Waals surface area contributed by atoms with E-state index in [1.165, 1.54) is 6.07 Å². The van der Waals surface area contributed by atoms with E-state index in [4.69, 9.17) is 9.68 Å². The summed E-state index contributed by atoms with van der Waals surface area (Å²) >= 11 is 0. The Hall–Kier alpha value is -3.39. The van der Waals surface area contributed by atoms with Gasteiger partial charge in [0.15, 0.2) is 0 Å². The first-order valence-corrected chi connectivity index (χ1v) is 6.52. The second-order valence-corrected chi connectivity index (χ2v) is 4.63. The van der Waals surface area contributed by atoms with Crippen LogP contribution in [0.1, 0.15) is 15.9 Å². The molecule has 2 aromatic carbocycles. The van der Waals surface area contributed by atoms with Crippen LogP contribution < -0.4 is 10.9 Å². The Bertz CT molecular complexity index is 950. The van der Waals surface area contributed by atoms with Gasteiger partial charge in [-0.05, 0) is 36.4 Å². The largest absolute Gasteiger partial charge is 0.422 e. The summed E-state index contributed by atoms with van der Waals surface area (Å²) in [7, 11) is 0. The van der Waals surface area contributed by atoms with Gasteiger partial charge in [0.25, 0.3) is 5.91 Å². The van der Waals surface area contributed by atoms with Crippen molar-refractivity contribution in [1.29, 1.82) is 5.26 Å². The zero-order chi connectivity index (χ0) is 15.5. The number of nitrogens with one attached hydrogen (secondary N) is 1. The number of benzene rings is 2. The number of fused-ring (bicyclic) bond motifs is 1. The standard InChI is InChI=1S/C17H10N2O3/c18-10-11-5-7-13(8-6-11)19-16(20)14-9-12-3-1-2-4-15(12)22-17(14)21/h1-9H,(H,19,20). The van der Waals surface area contributed by atoms with Crippen LogP contribution in [-0.2, 0) is 0 Å². The van der Waals surface area contributed by atoms with Gasteiger partial charge in [-0.15, -0.1) is 0 Å². The lowest BCUT2D eigenvalue weighted by Gasteiger charge is -2.05. The molecule has 0 aliphatic rings. The smallest absolute Gasteiger partial charge is 0.349 e. The van der Waals surface area contributed by atoms with Gasteiger partial charge in [-0.3, -0.25) is 4.79 Å². The fourth-order valence-electron chi connectivity index (χ4n) is 2.05. The lowest BCUT2D eigenvalue weighted by molar-refractivity contribution is 0.102. The highest BCUT2D eigenvalue weighted by Crippen LogP contribution is 2.14. The molecule has 0 saturated carbocycles. The molecular formula is C17H10N2O3. The predicted octanol–water partition coefficient (Wildman–Crippen LogP) is 2.92. The molecule has 3 rings (SSSR count). The summed E-state index contributed by atoms with van der Waals surface area (Å²) in [6, 6.07) is 16.8. The molecule has 1 aromatic heterocycles. The lowest BCUT2D eigenvalue weighted by atomic mass is 10.1. The van der Waals surface area contributed by atoms with Crippen molar-refractivity contribution in [3.8, 4) is 6.07 Å². The molecule has 1 amide bonds. The van der Waals surface area contributed by atoms with Crippen molar-refractivity contribution < 1.29 is 9.21 Å². The second kappa shape index (κ2) is 5.54. The molecule has 106 valence electrons. The Labute approximate surface area is 125 Å². The molecule has 1 heterocycles. The van der Waals surface area contributed by atoms with Crippen LogP contribution >= 0.6 is 0 Å². The number of hydrogen-bond donors (Lipinski definition) is 1. The minimum atomic E-state index is -0.690. The Morgan fingerprint density at radius 1 is 1.09 bits per heavy atom. The predicted molar refractivity (Wildman–Crippen MR) is 81.6 cm³/mol. The van der Waals surface area contributed by atoms with E-state index in [1.807, 2.05) is 6.07 Å². The van der Waals surface area contributed by atoms with Crippen LogP contribution in [0.5, 0.6) is 0 Å². The number of para-hydroxylation sites is 1. The van der Waals surface area contributed by atoms with Gasteiger partial charge in [-0.1, -0.05) is 18.2 Å². The first kappa shape index (κ1) is 13.6. The molecule has 3 aromatic rings. The third kappa shape index (κ3) is 2.58. The van der Waals surface area contributed by atoms with Crippen LogP contribution in [0.2, 0.25) is 0 Å². The van der Waals surface area contributed by atoms with Crippen molar-refractivity contribution in [2.24, 2.45) is 0 Å². The minimum Gasteiger partial charge on any atom is -0.422 e. The van der Waals surface area contributed by atoms with Crippen LogP contribution in [-0.4, -0.2) is 5.91 Å². The Balaban J connectivity index is 1.93. The third-order valence-electron chi connectivity index (χ3n) is 3.16. The van der Waals surface area contributed by atoms with E-state index < -0.39 is 11.5 Å². The van der Waals surface area contributed by atoms with Gasteiger partial charge in [-0.2, -0.15) is 5.26 Å². The van der Waals surface area contributed by atoms with Crippen LogP contribution in [0.4, 0.5) is 5.69 Å². The topological polar surface area (TPSA) is 83.1 Å². The van der Waals surface area contributed by atoms with Crippen molar-refractivity contribution in [3.05, 3.63) is 76.1 Å². The van der Waals surface area contributed by atoms with Crippen molar-refractivity contribution in [2.45, 2.75) is 0 Å². The SMILES string of the molecule is N#Cc1ccc(NC(=O)c2cc3ccccc3oc2=O)cc1. The molecule has 0 radical (unpaired) electrons. The molecule has 22 heavy (non-hydrogen) atoms. The summed E-state index contributed by atoms with van der Waals surface area (Å²) in [5.74, 6) is -0.552. The van der Waals surface area contributed by atoms with E-state index in [-0.39, 0.29) is 5.56 Å². The maximum atomic E-state index is 12.2. The summed E-state index contributed by atoms with van der Waals surface area (Å²) in [5, 5.41) is 12.0. The van der Waals surface area contributed by atoms with Gasteiger partial charge in [0.05, 0.1) is 11.6 Å². The summed E-state index contributed by atoms with van der Waals surface area (Å²) in [4.78, 5) is 24.1. The summed E-state index contributed by atoms with van der Waals surface area (Å²) < 4.78 is 5.13. The van der Waals surface area contributed by atoms with Crippen LogP contribution in [0.15, 0.2) is 63.8 Å². The second-order valence-electron chi connectivity index (χ2n) is 4.63. The molecule has 5 nitrogen and oxygen atoms in total. The molecule has 0 saturated heterocycles. The number of hydrogen-bond acceptors (Lipinski definition) is 4. The van der Waals surface area contributed by atoms with Gasteiger partial charge < -0.3 is 9.73 Å². The van der Waals surface area contributed by atoms with E-state index in [0.717, 1.165) is 0 Å². The molecule has 0 spiro atoms. The van der Waals surface area contributed by atoms with Gasteiger partial charge in [0.2, 0.25) is 0 Å². The van der Waals surface area contributed by atoms with Crippen LogP contribution in [0.25, 0.3) is 11.0 Å². The van der Waals surface area contributed by atoms with Gasteiger partial charge in [-0.25, -0.2) is 4.79 Å². The average molecular weight is 290 g/mol. The normalized spacial score (nSPS) is 10.1. The molecular weight excluding hydrogens is 280 g/mol. The van der Waals surface area contributed by atoms with Crippen molar-refractivity contribution in [3.63, 3.8) is 0 Å². The van der Waals surface area contributed by atoms with E-state index in [0.29, 0.717) is 22.2 Å². The highest BCUT2D eigenvalue weighted by molar-refractivity contribution is 6.05. The Morgan fingerprint density at radius 2 is 1.82 bits per heavy atom. The number of carbonyl (C=O) groups is 1. The third-order valence-corrected chi connectivity index (χ3v) is 3.16. The number of nitrogens with zero attached hydrogens (tertiary/aromatic N) is 1. The Morgan fingerprint density at radius 3 is 2.55 bits per heavy atom. The molecule has 0 aliphatic carbocycles. The fraction of sp³-hybridized carbons (Fsp3) is 0. The highest BCUT2D eigenvalue weighted by Gasteiger charge is 2.13. The van der Waals surface area contributed by atoms with E-state index in [2.05, 4.69) is 5.32 Å². The molecule has 0 atom stereocenters. The van der Waals surface area contributed by atoms with Gasteiger partial charge in [0.1, 0.15) is 11.1 Å². The number of anilines is 1. The number of carbonyl (C=O) groups excluding carboxylic acids is 1. The zero-order valence-corrected chi connectivity index (χ0v) is 11.4. The minimum absolute atomic E-state index is 0.0666. The zero-order valence-electron chi connectivity index (χ0n) is 11.4. The fourth-order valence-corrected chi connectivity index (χ4v) is 2.05. The number of nitriles is 1. The van der Waals surface area contributed by atoms with E-state index >= 15 is 0 Å². The first-order chi connectivity index (χ1) is 10.7. The maximum Gasteiger partial charge on any atom is 0.349 e. The molecule has 0 unspecified atom stereocenters. The maximum absolute atomic E-state index is 12.2. The molecule has 0 aliphatic heterocycles. The number of amides is 1. The molecule has 5 heteroatoms. The lowest BCUT2D eigenvalue weighted by Crippen LogP contribution is -2.20. The average Bonchev–Trinajstić information content (AvgIpc) is 2.54. The number of rotatable bonds is 2. The van der Waals surface area contributed by atoms with Crippen molar-refractivity contribution in [2.75, 3.05) is 5.32 Å². The van der Waals surface area contributed by atoms with Crippen LogP contribution in [0.3, 0.4) is 0 Å². The van der Waals surface area contributed by atoms with Crippen LogP contribution in [0, 0.1) is 11.3 Å². The van der Waals surface area contributed by atoms with Gasteiger partial charge >= 0.3 is 5.63 Å². The van der Waals surface area contributed by atoms with Crippen molar-refractivity contribution >= 4 is 22.6 Å². The Kier molecular flexibility index (Phi) is 3.42. The quantitative estimate of drug-likeness (QED) is 0.735. The monoisotopic (exact) mass is 290 g/mol. The summed E-state index contributed by atoms with van der Waals surface area (Å²) in [6.45, 7) is 0.